The van der Waals surface area contributed by atoms with Crippen LogP contribution < -0.4 is 0 Å². The van der Waals surface area contributed by atoms with Crippen molar-refractivity contribution in [3.05, 3.63) is 57.7 Å². The van der Waals surface area contributed by atoms with E-state index in [1.165, 1.54) is 6.92 Å². The first kappa shape index (κ1) is 16.7. The number of hydrogen-bond donors (Lipinski definition) is 0. The number of aryl methyl sites for hydroxylation is 1. The Kier molecular flexibility index (Phi) is 4.99. The molecule has 0 saturated heterocycles. The van der Waals surface area contributed by atoms with Gasteiger partial charge in [-0.1, -0.05) is 23.7 Å². The van der Waals surface area contributed by atoms with Crippen LogP contribution in [0.1, 0.15) is 22.4 Å². The molecule has 114 valence electrons. The van der Waals surface area contributed by atoms with Gasteiger partial charge < -0.3 is 0 Å². The lowest BCUT2D eigenvalue weighted by atomic mass is 10.1. The molecule has 0 bridgehead atoms. The van der Waals surface area contributed by atoms with Crippen LogP contribution in [0.4, 0.5) is 13.2 Å². The number of aromatic nitrogens is 1. The molecule has 2 aromatic rings. The summed E-state index contributed by atoms with van der Waals surface area (Å²) < 4.78 is 38.5. The van der Waals surface area contributed by atoms with Gasteiger partial charge in [-0.05, 0) is 36.2 Å². The Hall–Kier alpha value is -1.71. The molecule has 1 aromatic carbocycles. The normalized spacial score (nSPS) is 11.3. The Morgan fingerprint density at radius 1 is 1.27 bits per heavy atom. The molecule has 0 spiro atoms. The van der Waals surface area contributed by atoms with Crippen molar-refractivity contribution in [2.45, 2.75) is 23.9 Å². The van der Waals surface area contributed by atoms with Crippen LogP contribution in [-0.4, -0.2) is 4.98 Å². The molecule has 2 rings (SSSR count). The van der Waals surface area contributed by atoms with Crippen molar-refractivity contribution in [2.24, 2.45) is 0 Å². The van der Waals surface area contributed by atoms with Crippen molar-refractivity contribution in [3.8, 4) is 6.07 Å². The van der Waals surface area contributed by atoms with E-state index in [0.29, 0.717) is 10.8 Å². The number of rotatable bonds is 3. The van der Waals surface area contributed by atoms with Crippen molar-refractivity contribution in [3.63, 3.8) is 0 Å². The van der Waals surface area contributed by atoms with Gasteiger partial charge in [-0.25, -0.2) is 4.98 Å². The molecular formula is C15H10ClF3N2S. The van der Waals surface area contributed by atoms with Gasteiger partial charge in [0.25, 0.3) is 0 Å². The third-order valence-corrected chi connectivity index (χ3v) is 4.17. The summed E-state index contributed by atoms with van der Waals surface area (Å²) in [5, 5.41) is 9.80. The fourth-order valence-electron chi connectivity index (χ4n) is 1.76. The van der Waals surface area contributed by atoms with Crippen LogP contribution in [-0.2, 0) is 11.9 Å². The first-order valence-corrected chi connectivity index (χ1v) is 7.54. The quantitative estimate of drug-likeness (QED) is 0.717. The summed E-state index contributed by atoms with van der Waals surface area (Å²) in [6.45, 7) is 1.47. The minimum Gasteiger partial charge on any atom is -0.236 e. The molecule has 0 saturated carbocycles. The molecule has 2 nitrogen and oxygen atoms in total. The molecule has 0 unspecified atom stereocenters. The van der Waals surface area contributed by atoms with Gasteiger partial charge in [-0.2, -0.15) is 18.4 Å². The molecule has 7 heteroatoms. The van der Waals surface area contributed by atoms with Gasteiger partial charge in [0.15, 0.2) is 0 Å². The standard InChI is InChI=1S/C15H10ClF3N2S/c1-9-6-13(15(17,18)19)21-14(12(9)7-20)22-8-10-2-4-11(16)5-3-10/h2-6H,8H2,1H3. The van der Waals surface area contributed by atoms with E-state index in [1.54, 1.807) is 24.3 Å². The van der Waals surface area contributed by atoms with Gasteiger partial charge in [0, 0.05) is 10.8 Å². The average Bonchev–Trinajstić information content (AvgIpc) is 2.45. The van der Waals surface area contributed by atoms with Crippen LogP contribution in [0.5, 0.6) is 0 Å². The fourth-order valence-corrected chi connectivity index (χ4v) is 2.90. The van der Waals surface area contributed by atoms with Gasteiger partial charge in [0.2, 0.25) is 0 Å². The lowest BCUT2D eigenvalue weighted by Gasteiger charge is -2.11. The zero-order chi connectivity index (χ0) is 16.3. The van der Waals surface area contributed by atoms with Gasteiger partial charge in [-0.3, -0.25) is 0 Å². The van der Waals surface area contributed by atoms with Crippen LogP contribution in [0.15, 0.2) is 35.4 Å². The van der Waals surface area contributed by atoms with Crippen molar-refractivity contribution in [1.82, 2.24) is 4.98 Å². The number of halogens is 4. The van der Waals surface area contributed by atoms with E-state index < -0.39 is 11.9 Å². The van der Waals surface area contributed by atoms with E-state index in [9.17, 15) is 13.2 Å². The summed E-state index contributed by atoms with van der Waals surface area (Å²) in [7, 11) is 0. The summed E-state index contributed by atoms with van der Waals surface area (Å²) in [6, 6.07) is 9.77. The Morgan fingerprint density at radius 2 is 1.91 bits per heavy atom. The number of nitriles is 1. The highest BCUT2D eigenvalue weighted by Crippen LogP contribution is 2.33. The molecule has 0 fully saturated rings. The van der Waals surface area contributed by atoms with E-state index in [4.69, 9.17) is 16.9 Å². The van der Waals surface area contributed by atoms with Gasteiger partial charge >= 0.3 is 6.18 Å². The zero-order valence-corrected chi connectivity index (χ0v) is 13.0. The molecule has 1 heterocycles. The summed E-state index contributed by atoms with van der Waals surface area (Å²) in [6.07, 6.45) is -4.53. The van der Waals surface area contributed by atoms with Crippen LogP contribution in [0.25, 0.3) is 0 Å². The monoisotopic (exact) mass is 342 g/mol. The molecule has 0 N–H and O–H groups in total. The largest absolute Gasteiger partial charge is 0.433 e. The Bertz CT molecular complexity index is 721. The van der Waals surface area contributed by atoms with Gasteiger partial charge in [-0.15, -0.1) is 11.8 Å². The van der Waals surface area contributed by atoms with Crippen molar-refractivity contribution in [2.75, 3.05) is 0 Å². The fraction of sp³-hybridized carbons (Fsp3) is 0.200. The number of thioether (sulfide) groups is 1. The lowest BCUT2D eigenvalue weighted by molar-refractivity contribution is -0.141. The van der Waals surface area contributed by atoms with Crippen LogP contribution in [0, 0.1) is 18.3 Å². The Labute approximate surface area is 134 Å². The number of pyridine rings is 1. The molecule has 1 aromatic heterocycles. The Balaban J connectivity index is 2.31. The highest BCUT2D eigenvalue weighted by Gasteiger charge is 2.33. The second-order valence-corrected chi connectivity index (χ2v) is 5.93. The smallest absolute Gasteiger partial charge is 0.236 e. The molecule has 0 aliphatic rings. The zero-order valence-electron chi connectivity index (χ0n) is 11.4. The number of hydrogen-bond acceptors (Lipinski definition) is 3. The average molecular weight is 343 g/mol. The minimum atomic E-state index is -4.53. The SMILES string of the molecule is Cc1cc(C(F)(F)F)nc(SCc2ccc(Cl)cc2)c1C#N. The summed E-state index contributed by atoms with van der Waals surface area (Å²) in [5.74, 6) is 0.402. The third-order valence-electron chi connectivity index (χ3n) is 2.87. The van der Waals surface area contributed by atoms with E-state index in [-0.39, 0.29) is 16.2 Å². The molecule has 22 heavy (non-hydrogen) atoms. The predicted octanol–water partition coefficient (Wildman–Crippen LogP) is 5.23. The van der Waals surface area contributed by atoms with Crippen molar-refractivity contribution in [1.29, 1.82) is 5.26 Å². The van der Waals surface area contributed by atoms with Gasteiger partial charge in [0.1, 0.15) is 16.8 Å². The summed E-state index contributed by atoms with van der Waals surface area (Å²) in [4.78, 5) is 3.60. The minimum absolute atomic E-state index is 0.0878. The lowest BCUT2D eigenvalue weighted by Crippen LogP contribution is -2.10. The first-order valence-electron chi connectivity index (χ1n) is 6.17. The predicted molar refractivity (Wildman–Crippen MR) is 79.7 cm³/mol. The third kappa shape index (κ3) is 3.93. The van der Waals surface area contributed by atoms with E-state index >= 15 is 0 Å². The topological polar surface area (TPSA) is 36.7 Å². The highest BCUT2D eigenvalue weighted by molar-refractivity contribution is 7.98. The molecule has 0 aliphatic carbocycles. The molecule has 0 radical (unpaired) electrons. The maximum absolute atomic E-state index is 12.8. The van der Waals surface area contributed by atoms with Crippen molar-refractivity contribution < 1.29 is 13.2 Å². The van der Waals surface area contributed by atoms with E-state index in [0.717, 1.165) is 23.4 Å². The highest BCUT2D eigenvalue weighted by atomic mass is 35.5. The summed E-state index contributed by atoms with van der Waals surface area (Å²) >= 11 is 6.88. The number of benzene rings is 1. The van der Waals surface area contributed by atoms with Gasteiger partial charge in [0.05, 0.1) is 5.56 Å². The molecule has 0 amide bonds. The number of alkyl halides is 3. The van der Waals surface area contributed by atoms with Crippen LogP contribution in [0.2, 0.25) is 5.02 Å². The molecule has 0 atom stereocenters. The van der Waals surface area contributed by atoms with E-state index in [1.807, 2.05) is 6.07 Å². The van der Waals surface area contributed by atoms with Crippen LogP contribution >= 0.6 is 23.4 Å². The maximum atomic E-state index is 12.8. The molecular weight excluding hydrogens is 333 g/mol. The number of nitrogens with zero attached hydrogens (tertiary/aromatic N) is 2. The molecule has 0 aliphatic heterocycles. The first-order chi connectivity index (χ1) is 10.3. The Morgan fingerprint density at radius 3 is 2.45 bits per heavy atom. The second kappa shape index (κ2) is 6.59. The summed E-state index contributed by atoms with van der Waals surface area (Å²) in [5.41, 5.74) is 0.341. The van der Waals surface area contributed by atoms with E-state index in [2.05, 4.69) is 4.98 Å². The second-order valence-electron chi connectivity index (χ2n) is 4.53. The maximum Gasteiger partial charge on any atom is 0.433 e. The van der Waals surface area contributed by atoms with Crippen LogP contribution in [0.3, 0.4) is 0 Å². The van der Waals surface area contributed by atoms with Crippen molar-refractivity contribution >= 4 is 23.4 Å².